The number of hydrogen-bond donors (Lipinski definition) is 1. The summed E-state index contributed by atoms with van der Waals surface area (Å²) in [6.45, 7) is 1.31. The van der Waals surface area contributed by atoms with Gasteiger partial charge in [0.2, 0.25) is 5.91 Å². The van der Waals surface area contributed by atoms with Crippen molar-refractivity contribution in [3.63, 3.8) is 0 Å². The number of carbonyl (C=O) groups excluding carboxylic acids is 1. The number of hydrogen-bond acceptors (Lipinski definition) is 1. The average Bonchev–Trinajstić information content (AvgIpc) is 2.44. The minimum absolute atomic E-state index is 0.333. The van der Waals surface area contributed by atoms with Gasteiger partial charge in [0.05, 0.1) is 0 Å². The Labute approximate surface area is 117 Å². The molecule has 0 bridgehead atoms. The summed E-state index contributed by atoms with van der Waals surface area (Å²) in [5, 5.41) is 8.14. The molecule has 0 aromatic heterocycles. The molecule has 0 spiro atoms. The Balaban J connectivity index is 0.000000272. The summed E-state index contributed by atoms with van der Waals surface area (Å²) in [7, 11) is 0. The number of amides is 1. The molecule has 4 aromatic rings. The number of nitrogens with two attached hydrogens (primary N) is 1. The van der Waals surface area contributed by atoms with E-state index >= 15 is 0 Å². The van der Waals surface area contributed by atoms with Gasteiger partial charge in [0.15, 0.2) is 0 Å². The summed E-state index contributed by atoms with van der Waals surface area (Å²) in [6.07, 6.45) is 0. The van der Waals surface area contributed by atoms with Gasteiger partial charge in [0, 0.05) is 6.92 Å². The van der Waals surface area contributed by atoms with Gasteiger partial charge in [-0.25, -0.2) is 0 Å². The lowest BCUT2D eigenvalue weighted by Gasteiger charge is -2.09. The number of carbonyl (C=O) groups is 1. The molecule has 0 fully saturated rings. The fraction of sp³-hybridized carbons (Fsp3) is 0.0556. The summed E-state index contributed by atoms with van der Waals surface area (Å²) in [5.74, 6) is -0.333. The van der Waals surface area contributed by atoms with Crippen molar-refractivity contribution in [2.75, 3.05) is 0 Å². The smallest absolute Gasteiger partial charge is 0.214 e. The highest BCUT2D eigenvalue weighted by atomic mass is 16.1. The van der Waals surface area contributed by atoms with E-state index in [4.69, 9.17) is 0 Å². The Hall–Kier alpha value is -2.61. The van der Waals surface area contributed by atoms with Crippen LogP contribution in [-0.2, 0) is 4.79 Å². The number of primary amides is 1. The van der Waals surface area contributed by atoms with Crippen molar-refractivity contribution in [3.8, 4) is 0 Å². The molecule has 0 radical (unpaired) electrons. The van der Waals surface area contributed by atoms with Gasteiger partial charge < -0.3 is 5.73 Å². The van der Waals surface area contributed by atoms with Gasteiger partial charge in [0.1, 0.15) is 0 Å². The Morgan fingerprint density at radius 3 is 1.20 bits per heavy atom. The molecule has 2 heteroatoms. The number of benzene rings is 4. The van der Waals surface area contributed by atoms with Crippen molar-refractivity contribution in [3.05, 3.63) is 60.7 Å². The minimum Gasteiger partial charge on any atom is -0.370 e. The Bertz CT molecular complexity index is 762. The first-order valence-electron chi connectivity index (χ1n) is 6.55. The van der Waals surface area contributed by atoms with Crippen LogP contribution in [0.15, 0.2) is 60.7 Å². The summed E-state index contributed by atoms with van der Waals surface area (Å²) < 4.78 is 0. The SMILES string of the molecule is CC(N)=O.c1cc2ccc3cccc4ccc(c1)c2c34. The molecule has 0 aliphatic carbocycles. The van der Waals surface area contributed by atoms with Crippen LogP contribution in [0.1, 0.15) is 6.92 Å². The topological polar surface area (TPSA) is 43.1 Å². The van der Waals surface area contributed by atoms with Crippen LogP contribution in [0.5, 0.6) is 0 Å². The van der Waals surface area contributed by atoms with Crippen LogP contribution < -0.4 is 5.73 Å². The summed E-state index contributed by atoms with van der Waals surface area (Å²) >= 11 is 0. The molecular formula is C18H15NO. The Morgan fingerprint density at radius 2 is 0.950 bits per heavy atom. The Kier molecular flexibility index (Phi) is 2.99. The van der Waals surface area contributed by atoms with Crippen LogP contribution in [0, 0.1) is 0 Å². The predicted octanol–water partition coefficient (Wildman–Crippen LogP) is 4.08. The number of rotatable bonds is 0. The molecule has 4 rings (SSSR count). The molecule has 0 aliphatic heterocycles. The third-order valence-electron chi connectivity index (χ3n) is 3.39. The third-order valence-corrected chi connectivity index (χ3v) is 3.39. The maximum absolute atomic E-state index is 9.22. The standard InChI is InChI=1S/C16H10.C2H5NO/c1-3-11-7-9-13-5-2-6-14-10-8-12(4-1)15(11)16(13)14;1-2(3)4/h1-10H;1H3,(H2,3,4). The van der Waals surface area contributed by atoms with E-state index in [1.807, 2.05) is 0 Å². The first-order valence-corrected chi connectivity index (χ1v) is 6.55. The highest BCUT2D eigenvalue weighted by Gasteiger charge is 2.05. The summed E-state index contributed by atoms with van der Waals surface area (Å²) in [5.41, 5.74) is 4.47. The van der Waals surface area contributed by atoms with E-state index in [-0.39, 0.29) is 5.91 Å². The maximum Gasteiger partial charge on any atom is 0.214 e. The average molecular weight is 261 g/mol. The summed E-state index contributed by atoms with van der Waals surface area (Å²) in [4.78, 5) is 9.22. The molecule has 2 N–H and O–H groups in total. The molecule has 0 saturated carbocycles. The summed E-state index contributed by atoms with van der Waals surface area (Å²) in [6, 6.07) is 21.9. The van der Waals surface area contributed by atoms with Gasteiger partial charge >= 0.3 is 0 Å². The highest BCUT2D eigenvalue weighted by molar-refractivity contribution is 6.22. The molecule has 2 nitrogen and oxygen atoms in total. The van der Waals surface area contributed by atoms with Crippen LogP contribution in [-0.4, -0.2) is 5.91 Å². The van der Waals surface area contributed by atoms with Gasteiger partial charge in [-0.2, -0.15) is 0 Å². The first-order chi connectivity index (χ1) is 9.66. The normalized spacial score (nSPS) is 10.7. The van der Waals surface area contributed by atoms with Gasteiger partial charge in [0.25, 0.3) is 0 Å². The van der Waals surface area contributed by atoms with Crippen molar-refractivity contribution in [1.29, 1.82) is 0 Å². The van der Waals surface area contributed by atoms with E-state index in [1.54, 1.807) is 0 Å². The molecule has 1 amide bonds. The minimum atomic E-state index is -0.333. The zero-order chi connectivity index (χ0) is 14.1. The fourth-order valence-electron chi connectivity index (χ4n) is 2.67. The van der Waals surface area contributed by atoms with E-state index in [9.17, 15) is 4.79 Å². The molecule has 4 aromatic carbocycles. The van der Waals surface area contributed by atoms with Crippen molar-refractivity contribution in [1.82, 2.24) is 0 Å². The van der Waals surface area contributed by atoms with Crippen LogP contribution in [0.4, 0.5) is 0 Å². The lowest BCUT2D eigenvalue weighted by Crippen LogP contribution is -2.01. The second-order valence-corrected chi connectivity index (χ2v) is 4.90. The maximum atomic E-state index is 9.22. The van der Waals surface area contributed by atoms with Crippen molar-refractivity contribution in [2.24, 2.45) is 5.73 Å². The van der Waals surface area contributed by atoms with E-state index < -0.39 is 0 Å². The van der Waals surface area contributed by atoms with Crippen LogP contribution in [0.2, 0.25) is 0 Å². The van der Waals surface area contributed by atoms with Gasteiger partial charge in [-0.15, -0.1) is 0 Å². The van der Waals surface area contributed by atoms with E-state index in [2.05, 4.69) is 66.4 Å². The quantitative estimate of drug-likeness (QED) is 0.476. The van der Waals surface area contributed by atoms with Crippen LogP contribution in [0.25, 0.3) is 32.3 Å². The van der Waals surface area contributed by atoms with Crippen molar-refractivity contribution < 1.29 is 4.79 Å². The molecule has 0 unspecified atom stereocenters. The monoisotopic (exact) mass is 261 g/mol. The molecule has 0 atom stereocenters. The zero-order valence-corrected chi connectivity index (χ0v) is 11.3. The van der Waals surface area contributed by atoms with E-state index in [0.29, 0.717) is 0 Å². The lowest BCUT2D eigenvalue weighted by molar-refractivity contribution is -0.115. The van der Waals surface area contributed by atoms with Gasteiger partial charge in [-0.1, -0.05) is 60.7 Å². The van der Waals surface area contributed by atoms with Gasteiger partial charge in [-0.05, 0) is 32.3 Å². The first kappa shape index (κ1) is 12.4. The lowest BCUT2D eigenvalue weighted by atomic mass is 9.95. The third kappa shape index (κ3) is 2.05. The second-order valence-electron chi connectivity index (χ2n) is 4.90. The fourth-order valence-corrected chi connectivity index (χ4v) is 2.67. The van der Waals surface area contributed by atoms with Crippen LogP contribution in [0.3, 0.4) is 0 Å². The largest absolute Gasteiger partial charge is 0.370 e. The molecule has 20 heavy (non-hydrogen) atoms. The molecule has 98 valence electrons. The van der Waals surface area contributed by atoms with E-state index in [1.165, 1.54) is 39.2 Å². The van der Waals surface area contributed by atoms with Crippen molar-refractivity contribution in [2.45, 2.75) is 6.92 Å². The second kappa shape index (κ2) is 4.82. The molecule has 0 aliphatic rings. The Morgan fingerprint density at radius 1 is 0.700 bits per heavy atom. The van der Waals surface area contributed by atoms with Crippen LogP contribution >= 0.6 is 0 Å². The highest BCUT2D eigenvalue weighted by Crippen LogP contribution is 2.33. The molecule has 0 saturated heterocycles. The molecule has 0 heterocycles. The zero-order valence-electron chi connectivity index (χ0n) is 11.3. The van der Waals surface area contributed by atoms with E-state index in [0.717, 1.165) is 0 Å². The van der Waals surface area contributed by atoms with Gasteiger partial charge in [-0.3, -0.25) is 4.79 Å². The molecular weight excluding hydrogens is 246 g/mol. The van der Waals surface area contributed by atoms with Crippen molar-refractivity contribution >= 4 is 38.2 Å². The predicted molar refractivity (Wildman–Crippen MR) is 85.0 cm³/mol.